The number of benzene rings is 1. The van der Waals surface area contributed by atoms with Crippen molar-refractivity contribution >= 4 is 5.69 Å². The van der Waals surface area contributed by atoms with Crippen molar-refractivity contribution in [1.82, 2.24) is 10.2 Å². The largest absolute Gasteiger partial charge is 0.329 e. The normalized spacial score (nSPS) is 19.5. The van der Waals surface area contributed by atoms with Gasteiger partial charge in [-0.05, 0) is 13.3 Å². The van der Waals surface area contributed by atoms with E-state index in [9.17, 15) is 10.1 Å². The molecule has 1 fully saturated rings. The molecule has 0 radical (unpaired) electrons. The van der Waals surface area contributed by atoms with Crippen LogP contribution in [0, 0.1) is 10.1 Å². The Kier molecular flexibility index (Phi) is 4.69. The summed E-state index contributed by atoms with van der Waals surface area (Å²) in [5.74, 6) is 0. The fraction of sp³-hybridized carbons (Fsp3) is 0.571. The lowest BCUT2D eigenvalue weighted by atomic mass is 9.89. The Hall–Kier alpha value is -1.50. The number of piperazine rings is 1. The van der Waals surface area contributed by atoms with Gasteiger partial charge < -0.3 is 11.1 Å². The van der Waals surface area contributed by atoms with E-state index in [0.29, 0.717) is 13.0 Å². The van der Waals surface area contributed by atoms with Crippen LogP contribution in [0.25, 0.3) is 0 Å². The van der Waals surface area contributed by atoms with E-state index in [0.717, 1.165) is 31.7 Å². The molecule has 0 bridgehead atoms. The Labute approximate surface area is 119 Å². The number of nitrogens with one attached hydrogen (secondary N) is 1. The molecule has 6 heteroatoms. The van der Waals surface area contributed by atoms with Gasteiger partial charge in [-0.2, -0.15) is 0 Å². The van der Waals surface area contributed by atoms with Crippen LogP contribution in [0.3, 0.4) is 0 Å². The zero-order chi connectivity index (χ0) is 14.6. The van der Waals surface area contributed by atoms with Crippen molar-refractivity contribution in [2.75, 3.05) is 32.7 Å². The molecule has 0 aliphatic carbocycles. The average molecular weight is 278 g/mol. The van der Waals surface area contributed by atoms with Crippen molar-refractivity contribution in [1.29, 1.82) is 0 Å². The van der Waals surface area contributed by atoms with Gasteiger partial charge in [-0.3, -0.25) is 15.0 Å². The first-order valence-electron chi connectivity index (χ1n) is 6.95. The molecule has 2 rings (SSSR count). The van der Waals surface area contributed by atoms with E-state index in [-0.39, 0.29) is 16.1 Å². The summed E-state index contributed by atoms with van der Waals surface area (Å²) in [6.45, 7) is 6.30. The number of para-hydroxylation sites is 1. The van der Waals surface area contributed by atoms with Crippen LogP contribution in [0.2, 0.25) is 0 Å². The van der Waals surface area contributed by atoms with Crippen molar-refractivity contribution < 1.29 is 4.92 Å². The van der Waals surface area contributed by atoms with Crippen molar-refractivity contribution in [3.8, 4) is 0 Å². The zero-order valence-corrected chi connectivity index (χ0v) is 11.8. The number of nitro benzene ring substituents is 1. The highest BCUT2D eigenvalue weighted by molar-refractivity contribution is 5.41. The summed E-state index contributed by atoms with van der Waals surface area (Å²) in [6.07, 6.45) is 0.598. The van der Waals surface area contributed by atoms with Gasteiger partial charge in [0.25, 0.3) is 5.69 Å². The van der Waals surface area contributed by atoms with Crippen LogP contribution >= 0.6 is 0 Å². The molecule has 1 unspecified atom stereocenters. The van der Waals surface area contributed by atoms with Gasteiger partial charge in [-0.15, -0.1) is 0 Å². The van der Waals surface area contributed by atoms with Crippen LogP contribution in [0.5, 0.6) is 0 Å². The first-order chi connectivity index (χ1) is 9.57. The number of hydrogen-bond donors (Lipinski definition) is 2. The van der Waals surface area contributed by atoms with Gasteiger partial charge in [0.2, 0.25) is 0 Å². The summed E-state index contributed by atoms with van der Waals surface area (Å²) in [5.41, 5.74) is 6.67. The highest BCUT2D eigenvalue weighted by Gasteiger charge is 2.33. The molecule has 20 heavy (non-hydrogen) atoms. The highest BCUT2D eigenvalue weighted by atomic mass is 16.6. The van der Waals surface area contributed by atoms with Crippen molar-refractivity contribution in [2.24, 2.45) is 5.73 Å². The second-order valence-electron chi connectivity index (χ2n) is 5.50. The molecule has 1 aliphatic rings. The van der Waals surface area contributed by atoms with E-state index >= 15 is 0 Å². The quantitative estimate of drug-likeness (QED) is 0.613. The van der Waals surface area contributed by atoms with E-state index in [4.69, 9.17) is 5.73 Å². The lowest BCUT2D eigenvalue weighted by Gasteiger charge is -2.43. The Morgan fingerprint density at radius 3 is 2.65 bits per heavy atom. The van der Waals surface area contributed by atoms with E-state index in [2.05, 4.69) is 17.1 Å². The van der Waals surface area contributed by atoms with E-state index < -0.39 is 0 Å². The second-order valence-corrected chi connectivity index (χ2v) is 5.50. The molecule has 0 aromatic heterocycles. The Morgan fingerprint density at radius 2 is 2.05 bits per heavy atom. The maximum Gasteiger partial charge on any atom is 0.272 e. The van der Waals surface area contributed by atoms with Gasteiger partial charge in [0.05, 0.1) is 4.92 Å². The van der Waals surface area contributed by atoms with E-state index in [1.54, 1.807) is 12.1 Å². The fourth-order valence-electron chi connectivity index (χ4n) is 2.77. The number of nitrogens with two attached hydrogens (primary N) is 1. The van der Waals surface area contributed by atoms with Crippen LogP contribution in [0.4, 0.5) is 5.69 Å². The van der Waals surface area contributed by atoms with Gasteiger partial charge in [0, 0.05) is 49.9 Å². The van der Waals surface area contributed by atoms with Gasteiger partial charge >= 0.3 is 0 Å². The summed E-state index contributed by atoms with van der Waals surface area (Å²) in [7, 11) is 0. The molecule has 6 nitrogen and oxygen atoms in total. The molecule has 1 aromatic rings. The third-order valence-corrected chi connectivity index (χ3v) is 4.08. The van der Waals surface area contributed by atoms with Gasteiger partial charge in [0.1, 0.15) is 0 Å². The molecule has 1 aromatic carbocycles. The predicted octanol–water partition coefficient (Wildman–Crippen LogP) is 0.760. The Morgan fingerprint density at radius 1 is 1.40 bits per heavy atom. The monoisotopic (exact) mass is 278 g/mol. The van der Waals surface area contributed by atoms with Gasteiger partial charge in [-0.1, -0.05) is 18.2 Å². The van der Waals surface area contributed by atoms with E-state index in [1.165, 1.54) is 0 Å². The minimum atomic E-state index is -0.315. The first-order valence-corrected chi connectivity index (χ1v) is 6.95. The number of nitrogens with zero attached hydrogens (tertiary/aromatic N) is 2. The SMILES string of the molecule is CC(CN)(Cc1ccccc1[N+](=O)[O-])N1CCNCC1. The van der Waals surface area contributed by atoms with Gasteiger partial charge in [0.15, 0.2) is 0 Å². The minimum Gasteiger partial charge on any atom is -0.329 e. The molecule has 0 saturated carbocycles. The molecule has 1 aliphatic heterocycles. The topological polar surface area (TPSA) is 84.4 Å². The maximum absolute atomic E-state index is 11.1. The lowest BCUT2D eigenvalue weighted by molar-refractivity contribution is -0.385. The molecule has 1 heterocycles. The lowest BCUT2D eigenvalue weighted by Crippen LogP contribution is -2.59. The molecular formula is C14H22N4O2. The summed E-state index contributed by atoms with van der Waals surface area (Å²) in [4.78, 5) is 13.1. The second kappa shape index (κ2) is 6.30. The molecular weight excluding hydrogens is 256 g/mol. The molecule has 1 atom stereocenters. The summed E-state index contributed by atoms with van der Waals surface area (Å²) in [5, 5.41) is 14.4. The summed E-state index contributed by atoms with van der Waals surface area (Å²) < 4.78 is 0. The third kappa shape index (κ3) is 3.15. The molecule has 0 spiro atoms. The number of nitro groups is 1. The zero-order valence-electron chi connectivity index (χ0n) is 11.8. The number of rotatable bonds is 5. The Bertz CT molecular complexity index is 474. The predicted molar refractivity (Wildman–Crippen MR) is 78.7 cm³/mol. The molecule has 0 amide bonds. The number of hydrogen-bond acceptors (Lipinski definition) is 5. The van der Waals surface area contributed by atoms with Crippen LogP contribution in [0.1, 0.15) is 12.5 Å². The smallest absolute Gasteiger partial charge is 0.272 e. The minimum absolute atomic E-state index is 0.183. The van der Waals surface area contributed by atoms with Crippen LogP contribution < -0.4 is 11.1 Å². The highest BCUT2D eigenvalue weighted by Crippen LogP contribution is 2.26. The standard InChI is InChI=1S/C14H22N4O2/c1-14(11-15,17-8-6-16-7-9-17)10-12-4-2-3-5-13(12)18(19)20/h2-5,16H,6-11,15H2,1H3. The van der Waals surface area contributed by atoms with Crippen molar-refractivity contribution in [2.45, 2.75) is 18.9 Å². The average Bonchev–Trinajstić information content (AvgIpc) is 2.48. The van der Waals surface area contributed by atoms with Crippen molar-refractivity contribution in [3.63, 3.8) is 0 Å². The first kappa shape index (κ1) is 14.9. The summed E-state index contributed by atoms with van der Waals surface area (Å²) >= 11 is 0. The van der Waals surface area contributed by atoms with Crippen LogP contribution in [-0.4, -0.2) is 48.1 Å². The fourth-order valence-corrected chi connectivity index (χ4v) is 2.77. The van der Waals surface area contributed by atoms with Gasteiger partial charge in [-0.25, -0.2) is 0 Å². The van der Waals surface area contributed by atoms with Crippen LogP contribution in [0.15, 0.2) is 24.3 Å². The van der Waals surface area contributed by atoms with Crippen molar-refractivity contribution in [3.05, 3.63) is 39.9 Å². The molecule has 1 saturated heterocycles. The van der Waals surface area contributed by atoms with E-state index in [1.807, 2.05) is 12.1 Å². The van der Waals surface area contributed by atoms with Crippen LogP contribution in [-0.2, 0) is 6.42 Å². The maximum atomic E-state index is 11.1. The molecule has 110 valence electrons. The molecule has 3 N–H and O–H groups in total. The summed E-state index contributed by atoms with van der Waals surface area (Å²) in [6, 6.07) is 6.93. The third-order valence-electron chi connectivity index (χ3n) is 4.08. The Balaban J connectivity index is 2.23.